The van der Waals surface area contributed by atoms with E-state index in [4.69, 9.17) is 0 Å². The molecule has 0 aromatic carbocycles. The van der Waals surface area contributed by atoms with E-state index in [-0.39, 0.29) is 6.10 Å². The van der Waals surface area contributed by atoms with Gasteiger partial charge in [0.25, 0.3) is 0 Å². The number of rotatable bonds is 8. The van der Waals surface area contributed by atoms with Crippen LogP contribution in [0, 0.1) is 5.92 Å². The summed E-state index contributed by atoms with van der Waals surface area (Å²) < 4.78 is 0. The van der Waals surface area contributed by atoms with E-state index >= 15 is 0 Å². The molecule has 2 heteroatoms. The first-order valence-corrected chi connectivity index (χ1v) is 6.77. The van der Waals surface area contributed by atoms with Gasteiger partial charge in [0.15, 0.2) is 0 Å². The van der Waals surface area contributed by atoms with Crippen LogP contribution in [0.4, 0.5) is 0 Å². The summed E-state index contributed by atoms with van der Waals surface area (Å²) in [4.78, 5) is 2.33. The summed E-state index contributed by atoms with van der Waals surface area (Å²) in [6, 6.07) is 0. The largest absolute Gasteiger partial charge is 0.393 e. The first kappa shape index (κ1) is 14.3. The highest BCUT2D eigenvalue weighted by Gasteiger charge is 2.20. The predicted molar refractivity (Wildman–Crippen MR) is 73.8 cm³/mol. The molecular weight excluding hydrogens is 210 g/mol. The maximum atomic E-state index is 9.83. The zero-order valence-electron chi connectivity index (χ0n) is 11.6. The van der Waals surface area contributed by atoms with E-state index in [0.717, 1.165) is 25.8 Å². The van der Waals surface area contributed by atoms with Crippen LogP contribution >= 0.6 is 0 Å². The number of hydrogen-bond acceptors (Lipinski definition) is 2. The third-order valence-corrected chi connectivity index (χ3v) is 3.48. The molecule has 1 fully saturated rings. The minimum absolute atomic E-state index is 0.178. The lowest BCUT2D eigenvalue weighted by atomic mass is 10.0. The van der Waals surface area contributed by atoms with Crippen LogP contribution in [-0.2, 0) is 0 Å². The molecule has 0 aromatic heterocycles. The first-order chi connectivity index (χ1) is 8.06. The lowest BCUT2D eigenvalue weighted by molar-refractivity contribution is 0.107. The molecule has 1 atom stereocenters. The van der Waals surface area contributed by atoms with Crippen LogP contribution in [0.5, 0.6) is 0 Å². The molecule has 0 aromatic rings. The lowest BCUT2D eigenvalue weighted by Crippen LogP contribution is -2.25. The number of allylic oxidation sites excluding steroid dienone is 3. The molecule has 0 heterocycles. The smallest absolute Gasteiger partial charge is 0.0580 e. The molecule has 2 nitrogen and oxygen atoms in total. The van der Waals surface area contributed by atoms with Crippen molar-refractivity contribution in [3.63, 3.8) is 0 Å². The Morgan fingerprint density at radius 1 is 1.47 bits per heavy atom. The predicted octanol–water partition coefficient (Wildman–Crippen LogP) is 3.34. The molecule has 1 saturated carbocycles. The molecule has 0 saturated heterocycles. The average molecular weight is 237 g/mol. The monoisotopic (exact) mass is 237 g/mol. The third-order valence-electron chi connectivity index (χ3n) is 3.48. The molecule has 1 rings (SSSR count). The second kappa shape index (κ2) is 6.85. The average Bonchev–Trinajstić information content (AvgIpc) is 3.10. The van der Waals surface area contributed by atoms with Gasteiger partial charge in [-0.05, 0) is 38.0 Å². The molecule has 0 radical (unpaired) electrons. The Bertz CT molecular complexity index is 275. The van der Waals surface area contributed by atoms with E-state index in [2.05, 4.69) is 32.4 Å². The second-order valence-electron chi connectivity index (χ2n) is 5.40. The van der Waals surface area contributed by atoms with Gasteiger partial charge in [0.05, 0.1) is 6.10 Å². The summed E-state index contributed by atoms with van der Waals surface area (Å²) in [5.74, 6) is 0.355. The van der Waals surface area contributed by atoms with E-state index in [1.165, 1.54) is 18.5 Å². The summed E-state index contributed by atoms with van der Waals surface area (Å²) in [5.41, 5.74) is 3.09. The SMILES string of the molecule is C=CCCC(=C1CC1)N(C)CCC(O)C(C)C. The molecule has 1 N–H and O–H groups in total. The van der Waals surface area contributed by atoms with Gasteiger partial charge in [-0.15, -0.1) is 6.58 Å². The van der Waals surface area contributed by atoms with Gasteiger partial charge in [-0.2, -0.15) is 0 Å². The van der Waals surface area contributed by atoms with Crippen molar-refractivity contribution in [2.75, 3.05) is 13.6 Å². The van der Waals surface area contributed by atoms with Crippen molar-refractivity contribution in [2.24, 2.45) is 5.92 Å². The first-order valence-electron chi connectivity index (χ1n) is 6.77. The molecule has 0 spiro atoms. The highest BCUT2D eigenvalue weighted by Crippen LogP contribution is 2.34. The summed E-state index contributed by atoms with van der Waals surface area (Å²) in [6.45, 7) is 8.89. The zero-order chi connectivity index (χ0) is 12.8. The summed E-state index contributed by atoms with van der Waals surface area (Å²) >= 11 is 0. The van der Waals surface area contributed by atoms with Gasteiger partial charge in [-0.1, -0.05) is 25.5 Å². The molecule has 1 unspecified atom stereocenters. The number of nitrogens with zero attached hydrogens (tertiary/aromatic N) is 1. The maximum absolute atomic E-state index is 9.83. The summed E-state index contributed by atoms with van der Waals surface area (Å²) in [7, 11) is 2.15. The van der Waals surface area contributed by atoms with Crippen molar-refractivity contribution >= 4 is 0 Å². The molecule has 1 aliphatic rings. The summed E-state index contributed by atoms with van der Waals surface area (Å²) in [6.07, 6.45) is 7.36. The van der Waals surface area contributed by atoms with Crippen molar-refractivity contribution < 1.29 is 5.11 Å². The quantitative estimate of drug-likeness (QED) is 0.654. The van der Waals surface area contributed by atoms with Crippen molar-refractivity contribution in [2.45, 2.75) is 52.1 Å². The van der Waals surface area contributed by atoms with Gasteiger partial charge in [0.1, 0.15) is 0 Å². The van der Waals surface area contributed by atoms with E-state index < -0.39 is 0 Å². The van der Waals surface area contributed by atoms with E-state index in [9.17, 15) is 5.11 Å². The van der Waals surface area contributed by atoms with Crippen LogP contribution < -0.4 is 0 Å². The standard InChI is InChI=1S/C15H27NO/c1-5-6-7-14(13-8-9-13)16(4)11-10-15(17)12(2)3/h5,12,15,17H,1,6-11H2,2-4H3. The van der Waals surface area contributed by atoms with Gasteiger partial charge in [-0.25, -0.2) is 0 Å². The van der Waals surface area contributed by atoms with E-state index in [1.807, 2.05) is 6.08 Å². The third kappa shape index (κ3) is 4.95. The van der Waals surface area contributed by atoms with Crippen molar-refractivity contribution in [3.8, 4) is 0 Å². The molecule has 0 amide bonds. The minimum Gasteiger partial charge on any atom is -0.393 e. The Morgan fingerprint density at radius 3 is 2.59 bits per heavy atom. The Balaban J connectivity index is 2.41. The Kier molecular flexibility index (Phi) is 5.76. The minimum atomic E-state index is -0.178. The van der Waals surface area contributed by atoms with E-state index in [1.54, 1.807) is 5.57 Å². The lowest BCUT2D eigenvalue weighted by Gasteiger charge is -2.25. The van der Waals surface area contributed by atoms with Crippen LogP contribution in [0.1, 0.15) is 46.0 Å². The fourth-order valence-electron chi connectivity index (χ4n) is 2.02. The van der Waals surface area contributed by atoms with Gasteiger partial charge in [0.2, 0.25) is 0 Å². The van der Waals surface area contributed by atoms with Crippen molar-refractivity contribution in [1.82, 2.24) is 4.90 Å². The topological polar surface area (TPSA) is 23.5 Å². The Hall–Kier alpha value is -0.760. The van der Waals surface area contributed by atoms with Crippen LogP contribution in [0.2, 0.25) is 0 Å². The fourth-order valence-corrected chi connectivity index (χ4v) is 2.02. The zero-order valence-corrected chi connectivity index (χ0v) is 11.6. The normalized spacial score (nSPS) is 15.9. The summed E-state index contributed by atoms with van der Waals surface area (Å²) in [5, 5.41) is 9.83. The van der Waals surface area contributed by atoms with Crippen LogP contribution in [0.3, 0.4) is 0 Å². The van der Waals surface area contributed by atoms with Crippen LogP contribution in [0.25, 0.3) is 0 Å². The van der Waals surface area contributed by atoms with Crippen molar-refractivity contribution in [3.05, 3.63) is 23.9 Å². The van der Waals surface area contributed by atoms with Crippen molar-refractivity contribution in [1.29, 1.82) is 0 Å². The Labute approximate surface area is 106 Å². The van der Waals surface area contributed by atoms with Gasteiger partial charge < -0.3 is 10.0 Å². The molecule has 98 valence electrons. The molecule has 0 bridgehead atoms. The van der Waals surface area contributed by atoms with Gasteiger partial charge in [0, 0.05) is 19.3 Å². The van der Waals surface area contributed by atoms with E-state index in [0.29, 0.717) is 5.92 Å². The highest BCUT2D eigenvalue weighted by molar-refractivity contribution is 5.24. The van der Waals surface area contributed by atoms with Crippen LogP contribution in [-0.4, -0.2) is 29.7 Å². The van der Waals surface area contributed by atoms with Gasteiger partial charge in [-0.3, -0.25) is 0 Å². The molecule has 0 aliphatic heterocycles. The fraction of sp³-hybridized carbons (Fsp3) is 0.733. The van der Waals surface area contributed by atoms with Gasteiger partial charge >= 0.3 is 0 Å². The number of aliphatic hydroxyl groups excluding tert-OH is 1. The maximum Gasteiger partial charge on any atom is 0.0580 e. The number of aliphatic hydroxyl groups is 1. The van der Waals surface area contributed by atoms with Crippen LogP contribution in [0.15, 0.2) is 23.9 Å². The Morgan fingerprint density at radius 2 is 2.12 bits per heavy atom. The molecule has 1 aliphatic carbocycles. The molecule has 17 heavy (non-hydrogen) atoms. The number of hydrogen-bond donors (Lipinski definition) is 1. The second-order valence-corrected chi connectivity index (χ2v) is 5.40. The molecular formula is C15H27NO. The highest BCUT2D eigenvalue weighted by atomic mass is 16.3.